The van der Waals surface area contributed by atoms with Crippen molar-refractivity contribution in [2.45, 2.75) is 62.4 Å². The first-order valence-electron chi connectivity index (χ1n) is 10.7. The topological polar surface area (TPSA) is 116 Å². The number of hydrogen-bond acceptors (Lipinski definition) is 5. The first-order chi connectivity index (χ1) is 14.8. The number of likely N-dealkylation sites (N-methyl/N-ethyl adjacent to an activating group) is 1. The van der Waals surface area contributed by atoms with Crippen molar-refractivity contribution in [3.8, 4) is 0 Å². The molecule has 2 aliphatic rings. The number of carbonyl (C=O) groups excluding carboxylic acids is 1. The first-order valence-corrected chi connectivity index (χ1v) is 12.5. The summed E-state index contributed by atoms with van der Waals surface area (Å²) in [5.74, 6) is 0.0768. The zero-order valence-corrected chi connectivity index (χ0v) is 19.4. The van der Waals surface area contributed by atoms with Crippen LogP contribution in [0.5, 0.6) is 0 Å². The largest absolute Gasteiger partial charge is 0.483 e. The van der Waals surface area contributed by atoms with Crippen LogP contribution in [0, 0.1) is 5.92 Å². The minimum absolute atomic E-state index is 0.0300. The van der Waals surface area contributed by atoms with Crippen molar-refractivity contribution in [2.24, 2.45) is 5.92 Å². The molecule has 1 atom stereocenters. The van der Waals surface area contributed by atoms with E-state index in [0.29, 0.717) is 38.3 Å². The van der Waals surface area contributed by atoms with E-state index in [-0.39, 0.29) is 34.3 Å². The Labute approximate surface area is 189 Å². The van der Waals surface area contributed by atoms with Crippen LogP contribution in [0.4, 0.5) is 0 Å². The number of carbonyl (C=O) groups is 2. The number of likely N-dealkylation sites (tertiary alicyclic amines) is 1. The normalized spacial score (nSPS) is 24.1. The van der Waals surface area contributed by atoms with E-state index in [1.165, 1.54) is 12.5 Å². The highest BCUT2D eigenvalue weighted by Crippen LogP contribution is 2.27. The summed E-state index contributed by atoms with van der Waals surface area (Å²) in [6.45, 7) is 4.77. The Bertz CT molecular complexity index is 828. The third-order valence-electron chi connectivity index (χ3n) is 5.96. The SMILES string of the molecule is CCN1CCCC1CNC(=O)C1CCC(NS(=O)(=O)c2ccccc2Cl)CC1.O=CO. The van der Waals surface area contributed by atoms with E-state index in [0.717, 1.165) is 19.5 Å². The molecule has 1 aliphatic carbocycles. The molecule has 0 aromatic heterocycles. The Morgan fingerprint density at radius 2 is 1.87 bits per heavy atom. The Kier molecular flexibility index (Phi) is 10.2. The second-order valence-corrected chi connectivity index (χ2v) is 9.97. The molecule has 1 aromatic rings. The maximum absolute atomic E-state index is 12.6. The molecule has 10 heteroatoms. The van der Waals surface area contributed by atoms with Gasteiger partial charge in [-0.15, -0.1) is 0 Å². The summed E-state index contributed by atoms with van der Waals surface area (Å²) in [5, 5.41) is 10.2. The fourth-order valence-electron chi connectivity index (χ4n) is 4.32. The van der Waals surface area contributed by atoms with Crippen LogP contribution in [-0.2, 0) is 19.6 Å². The highest BCUT2D eigenvalue weighted by atomic mass is 35.5. The number of sulfonamides is 1. The molecule has 0 spiro atoms. The monoisotopic (exact) mass is 473 g/mol. The van der Waals surface area contributed by atoms with Gasteiger partial charge in [-0.3, -0.25) is 14.5 Å². The van der Waals surface area contributed by atoms with E-state index in [9.17, 15) is 13.2 Å². The fourth-order valence-corrected chi connectivity index (χ4v) is 6.15. The van der Waals surface area contributed by atoms with Crippen molar-refractivity contribution >= 4 is 34.0 Å². The average molecular weight is 474 g/mol. The number of halogens is 1. The Morgan fingerprint density at radius 3 is 2.48 bits per heavy atom. The van der Waals surface area contributed by atoms with Crippen molar-refractivity contribution in [2.75, 3.05) is 19.6 Å². The molecule has 1 aliphatic heterocycles. The lowest BCUT2D eigenvalue weighted by molar-refractivity contribution is -0.126. The zero-order valence-electron chi connectivity index (χ0n) is 17.8. The zero-order chi connectivity index (χ0) is 22.9. The lowest BCUT2D eigenvalue weighted by Gasteiger charge is -2.29. The summed E-state index contributed by atoms with van der Waals surface area (Å²) < 4.78 is 27.9. The van der Waals surface area contributed by atoms with Crippen LogP contribution in [0.2, 0.25) is 5.02 Å². The van der Waals surface area contributed by atoms with Crippen LogP contribution in [0.3, 0.4) is 0 Å². The molecule has 31 heavy (non-hydrogen) atoms. The average Bonchev–Trinajstić information content (AvgIpc) is 3.20. The third-order valence-corrected chi connectivity index (χ3v) is 7.98. The van der Waals surface area contributed by atoms with Crippen molar-refractivity contribution in [1.82, 2.24) is 14.9 Å². The van der Waals surface area contributed by atoms with Gasteiger partial charge in [0.15, 0.2) is 0 Å². The number of carboxylic acid groups (broad SMARTS) is 1. The van der Waals surface area contributed by atoms with E-state index in [4.69, 9.17) is 21.5 Å². The molecule has 1 heterocycles. The van der Waals surface area contributed by atoms with E-state index in [1.54, 1.807) is 18.2 Å². The minimum Gasteiger partial charge on any atom is -0.483 e. The fraction of sp³-hybridized carbons (Fsp3) is 0.619. The molecule has 174 valence electrons. The molecule has 8 nitrogen and oxygen atoms in total. The number of nitrogens with zero attached hydrogens (tertiary/aromatic N) is 1. The van der Waals surface area contributed by atoms with Crippen LogP contribution in [0.25, 0.3) is 0 Å². The van der Waals surface area contributed by atoms with Gasteiger partial charge in [-0.25, -0.2) is 13.1 Å². The maximum Gasteiger partial charge on any atom is 0.290 e. The molecule has 0 radical (unpaired) electrons. The van der Waals surface area contributed by atoms with Crippen LogP contribution in [0.1, 0.15) is 45.4 Å². The molecule has 1 unspecified atom stereocenters. The molecule has 3 N–H and O–H groups in total. The summed E-state index contributed by atoms with van der Waals surface area (Å²) in [6.07, 6.45) is 5.06. The molecular weight excluding hydrogens is 442 g/mol. The number of nitrogens with one attached hydrogen (secondary N) is 2. The predicted molar refractivity (Wildman–Crippen MR) is 119 cm³/mol. The lowest BCUT2D eigenvalue weighted by Crippen LogP contribution is -2.44. The van der Waals surface area contributed by atoms with Crippen molar-refractivity contribution in [1.29, 1.82) is 0 Å². The Hall–Kier alpha value is -1.68. The van der Waals surface area contributed by atoms with Gasteiger partial charge in [-0.2, -0.15) is 0 Å². The number of hydrogen-bond donors (Lipinski definition) is 3. The van der Waals surface area contributed by atoms with Gasteiger partial charge >= 0.3 is 0 Å². The van der Waals surface area contributed by atoms with Gasteiger partial charge in [0, 0.05) is 24.5 Å². The van der Waals surface area contributed by atoms with E-state index >= 15 is 0 Å². The van der Waals surface area contributed by atoms with Crippen molar-refractivity contribution in [3.63, 3.8) is 0 Å². The van der Waals surface area contributed by atoms with E-state index < -0.39 is 10.0 Å². The van der Waals surface area contributed by atoms with Gasteiger partial charge in [0.2, 0.25) is 15.9 Å². The van der Waals surface area contributed by atoms with Gasteiger partial charge in [-0.1, -0.05) is 30.7 Å². The van der Waals surface area contributed by atoms with E-state index in [1.807, 2.05) is 0 Å². The third kappa shape index (κ3) is 7.45. The summed E-state index contributed by atoms with van der Waals surface area (Å²) in [4.78, 5) is 23.4. The quantitative estimate of drug-likeness (QED) is 0.524. The molecule has 1 saturated heterocycles. The second-order valence-electron chi connectivity index (χ2n) is 7.88. The van der Waals surface area contributed by atoms with Crippen LogP contribution in [-0.4, -0.2) is 62.5 Å². The van der Waals surface area contributed by atoms with Gasteiger partial charge in [0.25, 0.3) is 6.47 Å². The molecular formula is C21H32ClN3O5S. The standard InChI is InChI=1S/C20H30ClN3O3S.CH2O2/c1-2-24-13-5-6-17(24)14-22-20(25)15-9-11-16(12-10-15)23-28(26,27)19-8-4-3-7-18(19)21;2-1-3/h3-4,7-8,15-17,23H,2,5-6,9-14H2,1H3,(H,22,25);1H,(H,2,3). The summed E-state index contributed by atoms with van der Waals surface area (Å²) in [5.41, 5.74) is 0. The highest BCUT2D eigenvalue weighted by molar-refractivity contribution is 7.89. The molecule has 3 rings (SSSR count). The smallest absolute Gasteiger partial charge is 0.290 e. The van der Waals surface area contributed by atoms with Crippen LogP contribution >= 0.6 is 11.6 Å². The Balaban J connectivity index is 0.00000107. The molecule has 1 aromatic carbocycles. The van der Waals surface area contributed by atoms with Gasteiger partial charge in [0.05, 0.1) is 5.02 Å². The highest BCUT2D eigenvalue weighted by Gasteiger charge is 2.30. The number of benzene rings is 1. The number of rotatable bonds is 7. The van der Waals surface area contributed by atoms with Crippen LogP contribution in [0.15, 0.2) is 29.2 Å². The van der Waals surface area contributed by atoms with Crippen molar-refractivity contribution < 1.29 is 23.1 Å². The van der Waals surface area contributed by atoms with Gasteiger partial charge < -0.3 is 10.4 Å². The maximum atomic E-state index is 12.6. The lowest BCUT2D eigenvalue weighted by atomic mass is 9.86. The van der Waals surface area contributed by atoms with Gasteiger partial charge in [-0.05, 0) is 63.7 Å². The molecule has 2 fully saturated rings. The molecule has 1 amide bonds. The van der Waals surface area contributed by atoms with E-state index in [2.05, 4.69) is 21.9 Å². The molecule has 1 saturated carbocycles. The summed E-state index contributed by atoms with van der Waals surface area (Å²) in [6, 6.07) is 6.74. The minimum atomic E-state index is -3.65. The van der Waals surface area contributed by atoms with Crippen molar-refractivity contribution in [3.05, 3.63) is 29.3 Å². The Morgan fingerprint density at radius 1 is 1.23 bits per heavy atom. The second kappa shape index (κ2) is 12.4. The number of amides is 1. The first kappa shape index (κ1) is 25.6. The molecule has 0 bridgehead atoms. The summed E-state index contributed by atoms with van der Waals surface area (Å²) >= 11 is 6.02. The summed E-state index contributed by atoms with van der Waals surface area (Å²) in [7, 11) is -3.65. The predicted octanol–water partition coefficient (Wildman–Crippen LogP) is 2.48. The van der Waals surface area contributed by atoms with Gasteiger partial charge in [0.1, 0.15) is 4.90 Å². The van der Waals surface area contributed by atoms with Crippen LogP contribution < -0.4 is 10.0 Å².